The highest BCUT2D eigenvalue weighted by molar-refractivity contribution is 5.80. The van der Waals surface area contributed by atoms with Gasteiger partial charge in [0.2, 0.25) is 0 Å². The van der Waals surface area contributed by atoms with E-state index in [1.54, 1.807) is 0 Å². The highest BCUT2D eigenvalue weighted by atomic mass is 16.5. The van der Waals surface area contributed by atoms with Gasteiger partial charge in [0.1, 0.15) is 0 Å². The molecule has 1 aromatic rings. The van der Waals surface area contributed by atoms with Crippen molar-refractivity contribution in [2.45, 2.75) is 70.0 Å². The van der Waals surface area contributed by atoms with Gasteiger partial charge in [-0.05, 0) is 44.1 Å². The number of nitrogens with zero attached hydrogens (tertiary/aromatic N) is 1. The Bertz CT molecular complexity index is 612. The predicted octanol–water partition coefficient (Wildman–Crippen LogP) is 3.63. The van der Waals surface area contributed by atoms with Crippen LogP contribution >= 0.6 is 0 Å². The molecule has 1 saturated heterocycles. The van der Waals surface area contributed by atoms with Crippen LogP contribution in [-0.4, -0.2) is 44.3 Å². The molecule has 28 heavy (non-hydrogen) atoms. The van der Waals surface area contributed by atoms with Gasteiger partial charge in [-0.25, -0.2) is 0 Å². The zero-order valence-electron chi connectivity index (χ0n) is 17.8. The molecular formula is C23H38N4O. The highest BCUT2D eigenvalue weighted by Crippen LogP contribution is 2.26. The van der Waals surface area contributed by atoms with Crippen LogP contribution in [0.15, 0.2) is 35.3 Å². The van der Waals surface area contributed by atoms with Crippen LogP contribution in [0.3, 0.4) is 0 Å². The Morgan fingerprint density at radius 2 is 1.96 bits per heavy atom. The van der Waals surface area contributed by atoms with Crippen LogP contribution in [0, 0.1) is 5.92 Å². The molecule has 3 unspecified atom stereocenters. The lowest BCUT2D eigenvalue weighted by molar-refractivity contribution is 0.0354. The maximum Gasteiger partial charge on any atom is 0.191 e. The summed E-state index contributed by atoms with van der Waals surface area (Å²) in [4.78, 5) is 4.50. The maximum absolute atomic E-state index is 5.66. The Balaban J connectivity index is 1.59. The summed E-state index contributed by atoms with van der Waals surface area (Å²) in [6.07, 6.45) is 7.17. The summed E-state index contributed by atoms with van der Waals surface area (Å²) in [7, 11) is 1.87. The largest absolute Gasteiger partial charge is 0.381 e. The van der Waals surface area contributed by atoms with Crippen LogP contribution in [0.5, 0.6) is 0 Å². The van der Waals surface area contributed by atoms with Crippen LogP contribution in [-0.2, 0) is 4.74 Å². The van der Waals surface area contributed by atoms with Crippen molar-refractivity contribution < 1.29 is 4.74 Å². The number of aliphatic imine (C=N–C) groups is 1. The van der Waals surface area contributed by atoms with Gasteiger partial charge in [0.25, 0.3) is 0 Å². The first-order chi connectivity index (χ1) is 13.6. The average Bonchev–Trinajstić information content (AvgIpc) is 2.72. The lowest BCUT2D eigenvalue weighted by Gasteiger charge is -2.41. The lowest BCUT2D eigenvalue weighted by atomic mass is 9.87. The summed E-state index contributed by atoms with van der Waals surface area (Å²) >= 11 is 0. The summed E-state index contributed by atoms with van der Waals surface area (Å²) < 4.78 is 5.66. The third kappa shape index (κ3) is 5.95. The van der Waals surface area contributed by atoms with Gasteiger partial charge in [-0.3, -0.25) is 4.99 Å². The quantitative estimate of drug-likeness (QED) is 0.516. The fraction of sp³-hybridized carbons (Fsp3) is 0.696. The number of hydrogen-bond acceptors (Lipinski definition) is 3. The van der Waals surface area contributed by atoms with Crippen LogP contribution < -0.4 is 16.0 Å². The number of hydrogen-bond donors (Lipinski definition) is 3. The van der Waals surface area contributed by atoms with E-state index in [0.29, 0.717) is 12.1 Å². The van der Waals surface area contributed by atoms with Crippen molar-refractivity contribution in [3.8, 4) is 0 Å². The summed E-state index contributed by atoms with van der Waals surface area (Å²) in [5.74, 6) is 1.73. The minimum atomic E-state index is 0.0188. The molecule has 1 saturated carbocycles. The fourth-order valence-corrected chi connectivity index (χ4v) is 4.62. The standard InChI is InChI=1S/C23H38N4O/c1-18-8-7-11-21(16-18)26-22(24-3)25-17-23(12-14-28-15-13-23)27-19(2)20-9-5-4-6-10-20/h4-6,9-10,18-19,21,27H,7-8,11-17H2,1-3H3,(H2,24,25,26). The lowest BCUT2D eigenvalue weighted by Crippen LogP contribution is -2.59. The van der Waals surface area contributed by atoms with E-state index in [9.17, 15) is 0 Å². The summed E-state index contributed by atoms with van der Waals surface area (Å²) in [6, 6.07) is 11.5. The van der Waals surface area contributed by atoms with E-state index >= 15 is 0 Å². The van der Waals surface area contributed by atoms with Crippen LogP contribution in [0.1, 0.15) is 64.0 Å². The fourth-order valence-electron chi connectivity index (χ4n) is 4.62. The Morgan fingerprint density at radius 3 is 2.64 bits per heavy atom. The van der Waals surface area contributed by atoms with Crippen molar-refractivity contribution in [1.82, 2.24) is 16.0 Å². The zero-order valence-corrected chi connectivity index (χ0v) is 17.8. The second-order valence-electron chi connectivity index (χ2n) is 8.71. The van der Waals surface area contributed by atoms with Gasteiger partial charge in [0.05, 0.1) is 0 Å². The van der Waals surface area contributed by atoms with Crippen molar-refractivity contribution >= 4 is 5.96 Å². The minimum absolute atomic E-state index is 0.0188. The first-order valence-electron chi connectivity index (χ1n) is 11.0. The third-order valence-electron chi connectivity index (χ3n) is 6.37. The molecule has 0 bridgehead atoms. The normalized spacial score (nSPS) is 26.5. The van der Waals surface area contributed by atoms with Crippen molar-refractivity contribution in [3.63, 3.8) is 0 Å². The molecular weight excluding hydrogens is 348 g/mol. The molecule has 2 aliphatic rings. The predicted molar refractivity (Wildman–Crippen MR) is 117 cm³/mol. The topological polar surface area (TPSA) is 57.7 Å². The van der Waals surface area contributed by atoms with Gasteiger partial charge in [0, 0.05) is 44.4 Å². The van der Waals surface area contributed by atoms with Gasteiger partial charge in [-0.15, -0.1) is 0 Å². The highest BCUT2D eigenvalue weighted by Gasteiger charge is 2.34. The number of benzene rings is 1. The molecule has 0 aromatic heterocycles. The molecule has 0 radical (unpaired) electrons. The SMILES string of the molecule is CN=C(NCC1(NC(C)c2ccccc2)CCOCC1)NC1CCCC(C)C1. The molecule has 0 spiro atoms. The average molecular weight is 387 g/mol. The van der Waals surface area contributed by atoms with Gasteiger partial charge in [-0.1, -0.05) is 50.1 Å². The van der Waals surface area contributed by atoms with Crippen molar-refractivity contribution in [3.05, 3.63) is 35.9 Å². The molecule has 3 rings (SSSR count). The molecule has 1 aliphatic heterocycles. The van der Waals surface area contributed by atoms with Gasteiger partial charge >= 0.3 is 0 Å². The number of ether oxygens (including phenoxy) is 1. The van der Waals surface area contributed by atoms with Crippen LogP contribution in [0.25, 0.3) is 0 Å². The first-order valence-corrected chi connectivity index (χ1v) is 11.0. The van der Waals surface area contributed by atoms with E-state index in [0.717, 1.165) is 44.5 Å². The van der Waals surface area contributed by atoms with Crippen molar-refractivity contribution in [1.29, 1.82) is 0 Å². The molecule has 1 heterocycles. The molecule has 3 N–H and O–H groups in total. The Kier molecular flexibility index (Phi) is 7.74. The molecule has 3 atom stereocenters. The molecule has 2 fully saturated rings. The first kappa shape index (κ1) is 21.1. The Hall–Kier alpha value is -1.59. The van der Waals surface area contributed by atoms with E-state index in [4.69, 9.17) is 4.74 Å². The monoisotopic (exact) mass is 386 g/mol. The molecule has 5 heteroatoms. The van der Waals surface area contributed by atoms with Crippen molar-refractivity contribution in [2.75, 3.05) is 26.8 Å². The van der Waals surface area contributed by atoms with E-state index in [1.807, 2.05) is 7.05 Å². The Morgan fingerprint density at radius 1 is 1.21 bits per heavy atom. The van der Waals surface area contributed by atoms with Gasteiger partial charge in [-0.2, -0.15) is 0 Å². The Labute approximate surface area is 170 Å². The number of nitrogens with one attached hydrogen (secondary N) is 3. The van der Waals surface area contributed by atoms with Gasteiger partial charge in [0.15, 0.2) is 5.96 Å². The number of rotatable bonds is 6. The van der Waals surface area contributed by atoms with E-state index in [-0.39, 0.29) is 5.54 Å². The van der Waals surface area contributed by atoms with Crippen LogP contribution in [0.2, 0.25) is 0 Å². The van der Waals surface area contributed by atoms with Gasteiger partial charge < -0.3 is 20.7 Å². The summed E-state index contributed by atoms with van der Waals surface area (Å²) in [5, 5.41) is 11.2. The van der Waals surface area contributed by atoms with E-state index in [2.05, 4.69) is 65.1 Å². The van der Waals surface area contributed by atoms with Crippen molar-refractivity contribution in [2.24, 2.45) is 10.9 Å². The third-order valence-corrected chi connectivity index (χ3v) is 6.37. The maximum atomic E-state index is 5.66. The second-order valence-corrected chi connectivity index (χ2v) is 8.71. The molecule has 1 aliphatic carbocycles. The molecule has 1 aromatic carbocycles. The van der Waals surface area contributed by atoms with Crippen LogP contribution in [0.4, 0.5) is 0 Å². The van der Waals surface area contributed by atoms with E-state index in [1.165, 1.54) is 31.2 Å². The second kappa shape index (κ2) is 10.3. The summed E-state index contributed by atoms with van der Waals surface area (Å²) in [6.45, 7) is 7.08. The molecule has 5 nitrogen and oxygen atoms in total. The molecule has 0 amide bonds. The minimum Gasteiger partial charge on any atom is -0.381 e. The molecule has 156 valence electrons. The zero-order chi connectivity index (χ0) is 19.8. The summed E-state index contributed by atoms with van der Waals surface area (Å²) in [5.41, 5.74) is 1.34. The number of guanidine groups is 1. The van der Waals surface area contributed by atoms with E-state index < -0.39 is 0 Å². The smallest absolute Gasteiger partial charge is 0.191 e.